The van der Waals surface area contributed by atoms with E-state index in [1.807, 2.05) is 36.4 Å². The molecule has 0 saturated carbocycles. The van der Waals surface area contributed by atoms with Crippen LogP contribution in [-0.2, 0) is 6.61 Å². The number of unbranched alkanes of at least 4 members (excludes halogenated alkanes) is 4. The van der Waals surface area contributed by atoms with E-state index in [0.717, 1.165) is 36.6 Å². The van der Waals surface area contributed by atoms with Gasteiger partial charge in [-0.25, -0.2) is 0 Å². The molecule has 0 radical (unpaired) electrons. The summed E-state index contributed by atoms with van der Waals surface area (Å²) in [4.78, 5) is 2.52. The van der Waals surface area contributed by atoms with E-state index in [0.29, 0.717) is 16.7 Å². The molecule has 0 amide bonds. The molecule has 31 heavy (non-hydrogen) atoms. The van der Waals surface area contributed by atoms with Crippen LogP contribution in [0.25, 0.3) is 0 Å². The monoisotopic (exact) mass is 485 g/mol. The summed E-state index contributed by atoms with van der Waals surface area (Å²) in [5, 5.41) is 1.10. The Morgan fingerprint density at radius 2 is 1.65 bits per heavy atom. The molecule has 0 N–H and O–H groups in total. The van der Waals surface area contributed by atoms with Gasteiger partial charge in [0.15, 0.2) is 6.23 Å². The molecule has 6 heteroatoms. The first-order chi connectivity index (χ1) is 14.7. The van der Waals surface area contributed by atoms with Gasteiger partial charge in [-0.3, -0.25) is 4.90 Å². The highest BCUT2D eigenvalue weighted by Crippen LogP contribution is 2.26. The molecule has 3 rings (SSSR count). The molecule has 0 spiro atoms. The van der Waals surface area contributed by atoms with Gasteiger partial charge in [0, 0.05) is 13.1 Å². The van der Waals surface area contributed by atoms with Crippen LogP contribution in [0.4, 0.5) is 0 Å². The van der Waals surface area contributed by atoms with Crippen LogP contribution in [0.3, 0.4) is 0 Å². The standard InChI is InChI=1S/C25H33Cl2NO2.ClH/c1-2-3-4-5-7-16-28-17-8-6-9-25(28)30-22-13-11-21(12-14-22)29-19-20-10-15-23(26)24(27)18-20;/h10-15,18,25H,2-9,16-17,19H2,1H3;1H. The van der Waals surface area contributed by atoms with Crippen LogP contribution >= 0.6 is 35.6 Å². The fourth-order valence-electron chi connectivity index (χ4n) is 3.84. The SMILES string of the molecule is CCCCCCCN1CCCCC1Oc1ccc(OCc2ccc(Cl)c(Cl)c2)cc1.Cl. The van der Waals surface area contributed by atoms with E-state index in [1.54, 1.807) is 6.07 Å². The number of piperidine rings is 1. The largest absolute Gasteiger partial charge is 0.489 e. The number of hydrogen-bond donors (Lipinski definition) is 0. The highest BCUT2D eigenvalue weighted by molar-refractivity contribution is 6.42. The first kappa shape index (κ1) is 26.1. The maximum absolute atomic E-state index is 6.33. The number of rotatable bonds is 11. The topological polar surface area (TPSA) is 21.7 Å². The van der Waals surface area contributed by atoms with Crippen molar-refractivity contribution in [2.75, 3.05) is 13.1 Å². The minimum atomic E-state index is 0. The molecule has 2 aromatic rings. The normalized spacial score (nSPS) is 16.5. The summed E-state index contributed by atoms with van der Waals surface area (Å²) in [6, 6.07) is 13.5. The molecule has 1 aliphatic heterocycles. The molecule has 0 bridgehead atoms. The third kappa shape index (κ3) is 8.73. The first-order valence-corrected chi connectivity index (χ1v) is 12.0. The molecule has 3 nitrogen and oxygen atoms in total. The second kappa shape index (κ2) is 14.1. The first-order valence-electron chi connectivity index (χ1n) is 11.2. The molecule has 1 atom stereocenters. The minimum absolute atomic E-state index is 0. The van der Waals surface area contributed by atoms with Gasteiger partial charge in [0.25, 0.3) is 0 Å². The molecule has 0 aromatic heterocycles. The summed E-state index contributed by atoms with van der Waals surface area (Å²) < 4.78 is 12.2. The lowest BCUT2D eigenvalue weighted by Crippen LogP contribution is -2.43. The second-order valence-electron chi connectivity index (χ2n) is 8.03. The third-order valence-electron chi connectivity index (χ3n) is 5.59. The quantitative estimate of drug-likeness (QED) is 0.299. The Kier molecular flexibility index (Phi) is 11.9. The average Bonchev–Trinajstić information content (AvgIpc) is 2.76. The molecule has 1 aliphatic rings. The molecular weight excluding hydrogens is 453 g/mol. The van der Waals surface area contributed by atoms with Gasteiger partial charge in [-0.2, -0.15) is 0 Å². The Balaban J connectivity index is 0.00000341. The highest BCUT2D eigenvalue weighted by Gasteiger charge is 2.23. The van der Waals surface area contributed by atoms with Crippen molar-refractivity contribution in [2.24, 2.45) is 0 Å². The van der Waals surface area contributed by atoms with Crippen molar-refractivity contribution in [1.29, 1.82) is 0 Å². The molecular formula is C25H34Cl3NO2. The Morgan fingerprint density at radius 1 is 0.903 bits per heavy atom. The van der Waals surface area contributed by atoms with E-state index in [2.05, 4.69) is 11.8 Å². The summed E-state index contributed by atoms with van der Waals surface area (Å²) in [5.41, 5.74) is 0.988. The Labute approximate surface area is 203 Å². The highest BCUT2D eigenvalue weighted by atomic mass is 35.5. The zero-order valence-corrected chi connectivity index (χ0v) is 20.7. The summed E-state index contributed by atoms with van der Waals surface area (Å²) in [6.07, 6.45) is 10.4. The number of likely N-dealkylation sites (tertiary alicyclic amines) is 1. The van der Waals surface area contributed by atoms with Gasteiger partial charge >= 0.3 is 0 Å². The minimum Gasteiger partial charge on any atom is -0.489 e. The number of ether oxygens (including phenoxy) is 2. The summed E-state index contributed by atoms with van der Waals surface area (Å²) in [7, 11) is 0. The van der Waals surface area contributed by atoms with E-state index < -0.39 is 0 Å². The lowest BCUT2D eigenvalue weighted by atomic mass is 10.1. The van der Waals surface area contributed by atoms with E-state index >= 15 is 0 Å². The summed E-state index contributed by atoms with van der Waals surface area (Å²) in [5.74, 6) is 1.71. The Bertz CT molecular complexity index is 770. The maximum Gasteiger partial charge on any atom is 0.152 e. The van der Waals surface area contributed by atoms with Gasteiger partial charge in [0.05, 0.1) is 10.0 Å². The maximum atomic E-state index is 6.33. The predicted molar refractivity (Wildman–Crippen MR) is 133 cm³/mol. The van der Waals surface area contributed by atoms with E-state index in [1.165, 1.54) is 44.9 Å². The van der Waals surface area contributed by atoms with E-state index in [9.17, 15) is 0 Å². The van der Waals surface area contributed by atoms with Crippen molar-refractivity contribution in [3.63, 3.8) is 0 Å². The van der Waals surface area contributed by atoms with Crippen molar-refractivity contribution in [3.8, 4) is 11.5 Å². The predicted octanol–water partition coefficient (Wildman–Crippen LogP) is 8.16. The van der Waals surface area contributed by atoms with Crippen LogP contribution in [0, 0.1) is 0 Å². The molecule has 172 valence electrons. The number of halogens is 3. The van der Waals surface area contributed by atoms with Crippen LogP contribution in [0.5, 0.6) is 11.5 Å². The van der Waals surface area contributed by atoms with Crippen LogP contribution in [0.2, 0.25) is 10.0 Å². The van der Waals surface area contributed by atoms with Crippen LogP contribution in [0.1, 0.15) is 63.9 Å². The molecule has 0 aliphatic carbocycles. The van der Waals surface area contributed by atoms with Crippen LogP contribution in [0.15, 0.2) is 42.5 Å². The van der Waals surface area contributed by atoms with Gasteiger partial charge in [0.1, 0.15) is 18.1 Å². The van der Waals surface area contributed by atoms with Crippen molar-refractivity contribution < 1.29 is 9.47 Å². The van der Waals surface area contributed by atoms with Crippen molar-refractivity contribution in [3.05, 3.63) is 58.1 Å². The van der Waals surface area contributed by atoms with E-state index in [-0.39, 0.29) is 18.6 Å². The number of nitrogens with zero attached hydrogens (tertiary/aromatic N) is 1. The number of hydrogen-bond acceptors (Lipinski definition) is 3. The van der Waals surface area contributed by atoms with Gasteiger partial charge in [-0.1, -0.05) is 61.9 Å². The van der Waals surface area contributed by atoms with Crippen molar-refractivity contribution >= 4 is 35.6 Å². The second-order valence-corrected chi connectivity index (χ2v) is 8.84. The fourth-order valence-corrected chi connectivity index (χ4v) is 4.16. The Hall–Kier alpha value is -1.13. The molecule has 1 saturated heterocycles. The molecule has 1 heterocycles. The smallest absolute Gasteiger partial charge is 0.152 e. The van der Waals surface area contributed by atoms with Crippen LogP contribution < -0.4 is 9.47 Å². The summed E-state index contributed by atoms with van der Waals surface area (Å²) in [6.45, 7) is 4.99. The van der Waals surface area contributed by atoms with Crippen molar-refractivity contribution in [2.45, 2.75) is 71.1 Å². The lowest BCUT2D eigenvalue weighted by Gasteiger charge is -2.35. The zero-order valence-electron chi connectivity index (χ0n) is 18.3. The zero-order chi connectivity index (χ0) is 21.2. The Morgan fingerprint density at radius 3 is 2.39 bits per heavy atom. The van der Waals surface area contributed by atoms with E-state index in [4.69, 9.17) is 32.7 Å². The van der Waals surface area contributed by atoms with Crippen LogP contribution in [-0.4, -0.2) is 24.2 Å². The van der Waals surface area contributed by atoms with Gasteiger partial charge in [-0.05, 0) is 67.6 Å². The summed E-state index contributed by atoms with van der Waals surface area (Å²) >= 11 is 12.0. The average molecular weight is 487 g/mol. The molecule has 1 fully saturated rings. The lowest BCUT2D eigenvalue weighted by molar-refractivity contribution is -0.00477. The number of benzene rings is 2. The third-order valence-corrected chi connectivity index (χ3v) is 6.33. The fraction of sp³-hybridized carbons (Fsp3) is 0.520. The van der Waals surface area contributed by atoms with Crippen molar-refractivity contribution in [1.82, 2.24) is 4.90 Å². The van der Waals surface area contributed by atoms with Gasteiger partial charge < -0.3 is 9.47 Å². The molecule has 1 unspecified atom stereocenters. The van der Waals surface area contributed by atoms with Gasteiger partial charge in [-0.15, -0.1) is 12.4 Å². The van der Waals surface area contributed by atoms with Gasteiger partial charge in [0.2, 0.25) is 0 Å². The molecule has 2 aromatic carbocycles.